The third kappa shape index (κ3) is 2.95. The number of imide groups is 1. The van der Waals surface area contributed by atoms with Crippen molar-refractivity contribution < 1.29 is 19.1 Å². The van der Waals surface area contributed by atoms with Gasteiger partial charge in [-0.2, -0.15) is 0 Å². The first-order valence-electron chi connectivity index (χ1n) is 5.96. The summed E-state index contributed by atoms with van der Waals surface area (Å²) in [4.78, 5) is 24.6. The molecule has 1 aliphatic heterocycles. The zero-order chi connectivity index (χ0) is 15.7. The van der Waals surface area contributed by atoms with E-state index < -0.39 is 17.6 Å². The van der Waals surface area contributed by atoms with Gasteiger partial charge in [0, 0.05) is 16.1 Å². The lowest BCUT2D eigenvalue weighted by Crippen LogP contribution is -2.34. The second kappa shape index (κ2) is 6.13. The van der Waals surface area contributed by atoms with E-state index in [2.05, 4.69) is 21.2 Å². The first kappa shape index (κ1) is 15.9. The molecular weight excluding hydrogens is 367 g/mol. The molecular formula is C13H11BrClFN2O3. The summed E-state index contributed by atoms with van der Waals surface area (Å²) in [6.45, 7) is 1.14. The lowest BCUT2D eigenvalue weighted by atomic mass is 10.2. The predicted molar refractivity (Wildman–Crippen MR) is 79.4 cm³/mol. The Labute approximate surface area is 133 Å². The average Bonchev–Trinajstić information content (AvgIpc) is 2.69. The molecule has 112 valence electrons. The summed E-state index contributed by atoms with van der Waals surface area (Å²) in [7, 11) is 0. The molecule has 1 heterocycles. The van der Waals surface area contributed by atoms with Gasteiger partial charge in [-0.3, -0.25) is 14.5 Å². The zero-order valence-corrected chi connectivity index (χ0v) is 13.3. The van der Waals surface area contributed by atoms with Gasteiger partial charge in [0.1, 0.15) is 11.5 Å². The molecule has 1 aromatic carbocycles. The van der Waals surface area contributed by atoms with Gasteiger partial charge in [0.25, 0.3) is 11.8 Å². The molecule has 2 amide bonds. The summed E-state index contributed by atoms with van der Waals surface area (Å²) < 4.78 is 13.9. The number of β-amino-alcohol motifs (C(OH)–C–C–N with tert-alkyl or cyclic N) is 1. The van der Waals surface area contributed by atoms with Crippen molar-refractivity contribution in [1.29, 1.82) is 0 Å². The smallest absolute Gasteiger partial charge is 0.277 e. The Morgan fingerprint density at radius 3 is 2.76 bits per heavy atom. The Bertz CT molecular complexity index is 663. The molecule has 5 nitrogen and oxygen atoms in total. The van der Waals surface area contributed by atoms with E-state index in [1.165, 1.54) is 0 Å². The minimum Gasteiger partial charge on any atom is -0.395 e. The number of benzene rings is 1. The Morgan fingerprint density at radius 1 is 1.48 bits per heavy atom. The molecule has 0 fully saturated rings. The summed E-state index contributed by atoms with van der Waals surface area (Å²) in [6, 6.07) is 1.12. The van der Waals surface area contributed by atoms with E-state index in [0.717, 1.165) is 17.0 Å². The van der Waals surface area contributed by atoms with Crippen molar-refractivity contribution in [3.05, 3.63) is 38.7 Å². The van der Waals surface area contributed by atoms with Crippen LogP contribution in [0.2, 0.25) is 5.02 Å². The van der Waals surface area contributed by atoms with Crippen LogP contribution in [0.25, 0.3) is 0 Å². The van der Waals surface area contributed by atoms with Crippen LogP contribution >= 0.6 is 27.5 Å². The quantitative estimate of drug-likeness (QED) is 0.790. The average molecular weight is 378 g/mol. The van der Waals surface area contributed by atoms with Gasteiger partial charge in [0.05, 0.1) is 23.9 Å². The maximum atomic E-state index is 13.5. The fourth-order valence-electron chi connectivity index (χ4n) is 1.85. The van der Waals surface area contributed by atoms with E-state index in [-0.39, 0.29) is 23.9 Å². The standard InChI is InChI=1S/C13H11BrClFN2O3/c1-6-8(16)4-7(15)12(11(6)14)17-9-5-10(20)18(2-3-19)13(9)21/h4-5,17,19H,2-3H2,1H3. The number of nitrogens with one attached hydrogen (secondary N) is 1. The van der Waals surface area contributed by atoms with Crippen LogP contribution in [0.3, 0.4) is 0 Å². The number of halogens is 3. The fraction of sp³-hybridized carbons (Fsp3) is 0.231. The molecule has 0 aliphatic carbocycles. The summed E-state index contributed by atoms with van der Waals surface area (Å²) in [5, 5.41) is 11.6. The number of anilines is 1. The topological polar surface area (TPSA) is 69.6 Å². The van der Waals surface area contributed by atoms with E-state index >= 15 is 0 Å². The molecule has 2 N–H and O–H groups in total. The van der Waals surface area contributed by atoms with Crippen LogP contribution < -0.4 is 5.32 Å². The number of nitrogens with zero attached hydrogens (tertiary/aromatic N) is 1. The molecule has 0 atom stereocenters. The first-order chi connectivity index (χ1) is 9.86. The van der Waals surface area contributed by atoms with Crippen LogP contribution in [0.1, 0.15) is 5.56 Å². The van der Waals surface area contributed by atoms with Crippen molar-refractivity contribution in [3.8, 4) is 0 Å². The highest BCUT2D eigenvalue weighted by Gasteiger charge is 2.31. The van der Waals surface area contributed by atoms with Crippen LogP contribution in [0.15, 0.2) is 22.3 Å². The number of hydrogen-bond donors (Lipinski definition) is 2. The molecule has 0 saturated heterocycles. The van der Waals surface area contributed by atoms with Gasteiger partial charge in [0.15, 0.2) is 0 Å². The minimum absolute atomic E-state index is 0.0158. The van der Waals surface area contributed by atoms with Crippen LogP contribution in [-0.4, -0.2) is 35.0 Å². The highest BCUT2D eigenvalue weighted by molar-refractivity contribution is 9.10. The largest absolute Gasteiger partial charge is 0.395 e. The number of hydrogen-bond acceptors (Lipinski definition) is 4. The van der Waals surface area contributed by atoms with Crippen molar-refractivity contribution in [2.45, 2.75) is 6.92 Å². The highest BCUT2D eigenvalue weighted by Crippen LogP contribution is 2.36. The van der Waals surface area contributed by atoms with E-state index in [0.29, 0.717) is 15.7 Å². The lowest BCUT2D eigenvalue weighted by Gasteiger charge is -2.15. The molecule has 2 rings (SSSR count). The molecule has 0 radical (unpaired) electrons. The summed E-state index contributed by atoms with van der Waals surface area (Å²) in [5.41, 5.74) is 0.641. The maximum Gasteiger partial charge on any atom is 0.277 e. The monoisotopic (exact) mass is 376 g/mol. The van der Waals surface area contributed by atoms with Crippen LogP contribution in [0.4, 0.5) is 10.1 Å². The van der Waals surface area contributed by atoms with E-state index in [1.807, 2.05) is 0 Å². The van der Waals surface area contributed by atoms with Crippen LogP contribution in [0.5, 0.6) is 0 Å². The molecule has 0 saturated carbocycles. The number of carbonyl (C=O) groups excluding carboxylic acids is 2. The molecule has 0 spiro atoms. The number of carbonyl (C=O) groups is 2. The Morgan fingerprint density at radius 2 is 2.14 bits per heavy atom. The lowest BCUT2D eigenvalue weighted by molar-refractivity contribution is -0.137. The predicted octanol–water partition coefficient (Wildman–Crippen LogP) is 2.21. The van der Waals surface area contributed by atoms with Gasteiger partial charge < -0.3 is 10.4 Å². The normalized spacial score (nSPS) is 14.7. The van der Waals surface area contributed by atoms with Crippen molar-refractivity contribution in [2.24, 2.45) is 0 Å². The van der Waals surface area contributed by atoms with Gasteiger partial charge in [-0.05, 0) is 28.9 Å². The summed E-state index contributed by atoms with van der Waals surface area (Å²) in [5.74, 6) is -1.58. The Hall–Kier alpha value is -1.44. The highest BCUT2D eigenvalue weighted by atomic mass is 79.9. The minimum atomic E-state index is -0.570. The molecule has 8 heteroatoms. The van der Waals surface area contributed by atoms with Crippen molar-refractivity contribution >= 4 is 45.0 Å². The zero-order valence-electron chi connectivity index (χ0n) is 10.9. The molecule has 1 aromatic rings. The Kier molecular flexibility index (Phi) is 4.65. The van der Waals surface area contributed by atoms with Crippen molar-refractivity contribution in [2.75, 3.05) is 18.5 Å². The second-order valence-electron chi connectivity index (χ2n) is 4.36. The molecule has 1 aliphatic rings. The third-order valence-electron chi connectivity index (χ3n) is 2.99. The van der Waals surface area contributed by atoms with Crippen molar-refractivity contribution in [1.82, 2.24) is 4.90 Å². The maximum absolute atomic E-state index is 13.5. The van der Waals surface area contributed by atoms with E-state index in [1.54, 1.807) is 6.92 Å². The molecule has 21 heavy (non-hydrogen) atoms. The van der Waals surface area contributed by atoms with Gasteiger partial charge in [-0.15, -0.1) is 0 Å². The fourth-order valence-corrected chi connectivity index (χ4v) is 2.70. The number of aliphatic hydroxyl groups excluding tert-OH is 1. The third-order valence-corrected chi connectivity index (χ3v) is 4.28. The number of aliphatic hydroxyl groups is 1. The van der Waals surface area contributed by atoms with Gasteiger partial charge >= 0.3 is 0 Å². The van der Waals surface area contributed by atoms with Gasteiger partial charge in [0.2, 0.25) is 0 Å². The molecule has 0 bridgehead atoms. The summed E-state index contributed by atoms with van der Waals surface area (Å²) in [6.07, 6.45) is 1.11. The molecule has 0 unspecified atom stereocenters. The van der Waals surface area contributed by atoms with Crippen molar-refractivity contribution in [3.63, 3.8) is 0 Å². The summed E-state index contributed by atoms with van der Waals surface area (Å²) >= 11 is 9.16. The van der Waals surface area contributed by atoms with Gasteiger partial charge in [-0.1, -0.05) is 11.6 Å². The van der Waals surface area contributed by atoms with Gasteiger partial charge in [-0.25, -0.2) is 4.39 Å². The Balaban J connectivity index is 2.32. The molecule has 0 aromatic heterocycles. The van der Waals surface area contributed by atoms with Crippen LogP contribution in [-0.2, 0) is 9.59 Å². The first-order valence-corrected chi connectivity index (χ1v) is 7.13. The number of rotatable bonds is 4. The van der Waals surface area contributed by atoms with E-state index in [9.17, 15) is 14.0 Å². The van der Waals surface area contributed by atoms with E-state index in [4.69, 9.17) is 16.7 Å². The second-order valence-corrected chi connectivity index (χ2v) is 5.56. The number of amides is 2. The SMILES string of the molecule is Cc1c(F)cc(Cl)c(NC2=CC(=O)N(CCO)C2=O)c1Br. The van der Waals surface area contributed by atoms with Crippen LogP contribution in [0, 0.1) is 12.7 Å².